The van der Waals surface area contributed by atoms with E-state index in [-0.39, 0.29) is 12.5 Å². The normalized spacial score (nSPS) is 9.94. The fraction of sp³-hybridized carbons (Fsp3) is 0.111. The van der Waals surface area contributed by atoms with E-state index in [1.165, 1.54) is 17.7 Å². The fourth-order valence-electron chi connectivity index (χ4n) is 1.10. The monoisotopic (exact) mass is 267 g/mol. The average molecular weight is 267 g/mol. The number of amides is 1. The van der Waals surface area contributed by atoms with E-state index in [0.29, 0.717) is 0 Å². The number of hydrogen-bond acceptors (Lipinski definition) is 7. The Morgan fingerprint density at radius 2 is 2.35 bits per heavy atom. The molecule has 88 valence electrons. The molecule has 2 aromatic heterocycles. The van der Waals surface area contributed by atoms with Crippen molar-refractivity contribution in [2.75, 3.05) is 11.9 Å². The maximum atomic E-state index is 11.0. The predicted octanol–water partition coefficient (Wildman–Crippen LogP) is 0.973. The van der Waals surface area contributed by atoms with Gasteiger partial charge in [-0.3, -0.25) is 4.79 Å². The van der Waals surface area contributed by atoms with Gasteiger partial charge in [0.2, 0.25) is 5.91 Å². The first-order valence-corrected chi connectivity index (χ1v) is 5.95. The lowest BCUT2D eigenvalue weighted by Crippen LogP contribution is -2.22. The summed E-state index contributed by atoms with van der Waals surface area (Å²) in [6, 6.07) is 1.78. The highest BCUT2D eigenvalue weighted by molar-refractivity contribution is 7.78. The van der Waals surface area contributed by atoms with E-state index in [1.807, 2.05) is 0 Å². The molecule has 17 heavy (non-hydrogen) atoms. The lowest BCUT2D eigenvalue weighted by molar-refractivity contribution is -0.117. The van der Waals surface area contributed by atoms with Crippen LogP contribution in [0.4, 0.5) is 5.00 Å². The SMILES string of the molecule is O=C(CNc1cnc(-c2ccncn2)s1)NS. The number of carbonyl (C=O) groups is 1. The van der Waals surface area contributed by atoms with Gasteiger partial charge in [0.15, 0.2) is 0 Å². The summed E-state index contributed by atoms with van der Waals surface area (Å²) in [5.41, 5.74) is 0.761. The van der Waals surface area contributed by atoms with Crippen molar-refractivity contribution in [3.05, 3.63) is 24.8 Å². The Bertz CT molecular complexity index is 501. The van der Waals surface area contributed by atoms with Crippen LogP contribution >= 0.6 is 24.2 Å². The summed E-state index contributed by atoms with van der Waals surface area (Å²) in [4.78, 5) is 23.1. The van der Waals surface area contributed by atoms with Crippen molar-refractivity contribution >= 4 is 35.1 Å². The molecule has 0 aliphatic carbocycles. The molecule has 8 heteroatoms. The zero-order chi connectivity index (χ0) is 12.1. The molecule has 0 saturated carbocycles. The van der Waals surface area contributed by atoms with Crippen LogP contribution in [0.25, 0.3) is 10.7 Å². The summed E-state index contributed by atoms with van der Waals surface area (Å²) in [5, 5.41) is 4.52. The van der Waals surface area contributed by atoms with Crippen LogP contribution in [0, 0.1) is 0 Å². The van der Waals surface area contributed by atoms with Crippen LogP contribution in [0.3, 0.4) is 0 Å². The fourth-order valence-corrected chi connectivity index (χ4v) is 1.97. The molecule has 0 aromatic carbocycles. The van der Waals surface area contributed by atoms with Crippen molar-refractivity contribution < 1.29 is 4.79 Å². The van der Waals surface area contributed by atoms with Crippen LogP contribution in [-0.4, -0.2) is 27.4 Å². The molecule has 0 radical (unpaired) electrons. The smallest absolute Gasteiger partial charge is 0.248 e. The molecule has 0 fully saturated rings. The summed E-state index contributed by atoms with van der Waals surface area (Å²) in [6.07, 6.45) is 4.79. The number of carbonyl (C=O) groups excluding carboxylic acids is 1. The third-order valence-corrected chi connectivity index (χ3v) is 3.08. The van der Waals surface area contributed by atoms with Gasteiger partial charge in [-0.05, 0) is 6.07 Å². The second kappa shape index (κ2) is 5.60. The number of aromatic nitrogens is 3. The van der Waals surface area contributed by atoms with E-state index in [4.69, 9.17) is 0 Å². The maximum Gasteiger partial charge on any atom is 0.248 e. The third kappa shape index (κ3) is 3.14. The van der Waals surface area contributed by atoms with Gasteiger partial charge in [0, 0.05) is 6.20 Å². The van der Waals surface area contributed by atoms with Crippen molar-refractivity contribution in [1.29, 1.82) is 0 Å². The zero-order valence-corrected chi connectivity index (χ0v) is 10.3. The Labute approximate surface area is 107 Å². The number of thiol groups is 1. The van der Waals surface area contributed by atoms with E-state index < -0.39 is 0 Å². The number of anilines is 1. The molecule has 2 N–H and O–H groups in total. The summed E-state index contributed by atoms with van der Waals surface area (Å²) in [6.45, 7) is 0.162. The third-order valence-electron chi connectivity index (χ3n) is 1.85. The van der Waals surface area contributed by atoms with Gasteiger partial charge >= 0.3 is 0 Å². The molecule has 1 amide bonds. The van der Waals surface area contributed by atoms with E-state index in [0.717, 1.165) is 15.7 Å². The molecule has 0 atom stereocenters. The molecule has 0 unspecified atom stereocenters. The minimum Gasteiger partial charge on any atom is -0.367 e. The Morgan fingerprint density at radius 1 is 1.47 bits per heavy atom. The van der Waals surface area contributed by atoms with Gasteiger partial charge < -0.3 is 10.0 Å². The van der Waals surface area contributed by atoms with Crippen LogP contribution in [0.5, 0.6) is 0 Å². The molecule has 0 spiro atoms. The Balaban J connectivity index is 2.04. The molecule has 0 bridgehead atoms. The van der Waals surface area contributed by atoms with Crippen molar-refractivity contribution in [3.63, 3.8) is 0 Å². The first-order chi connectivity index (χ1) is 8.29. The first kappa shape index (κ1) is 11.8. The van der Waals surface area contributed by atoms with E-state index in [9.17, 15) is 4.79 Å². The molecule has 0 aliphatic rings. The van der Waals surface area contributed by atoms with Crippen LogP contribution in [0.1, 0.15) is 0 Å². The van der Waals surface area contributed by atoms with Gasteiger partial charge in [-0.15, -0.1) is 0 Å². The van der Waals surface area contributed by atoms with Gasteiger partial charge in [-0.1, -0.05) is 24.2 Å². The minimum atomic E-state index is -0.203. The summed E-state index contributed by atoms with van der Waals surface area (Å²) in [5.74, 6) is -0.203. The van der Waals surface area contributed by atoms with Crippen molar-refractivity contribution in [2.24, 2.45) is 0 Å². The molecular weight excluding hydrogens is 258 g/mol. The summed E-state index contributed by atoms with van der Waals surface area (Å²) in [7, 11) is 0. The van der Waals surface area contributed by atoms with Crippen molar-refractivity contribution in [2.45, 2.75) is 0 Å². The Hall–Kier alpha value is -1.67. The van der Waals surface area contributed by atoms with Crippen molar-refractivity contribution in [3.8, 4) is 10.7 Å². The Morgan fingerprint density at radius 3 is 3.06 bits per heavy atom. The van der Waals surface area contributed by atoms with Gasteiger partial charge in [0.05, 0.1) is 12.7 Å². The lowest BCUT2D eigenvalue weighted by Gasteiger charge is -1.99. The van der Waals surface area contributed by atoms with E-state index >= 15 is 0 Å². The second-order valence-corrected chi connectivity index (χ2v) is 4.27. The van der Waals surface area contributed by atoms with Gasteiger partial charge in [-0.2, -0.15) is 0 Å². The highest BCUT2D eigenvalue weighted by atomic mass is 32.1. The predicted molar refractivity (Wildman–Crippen MR) is 68.8 cm³/mol. The van der Waals surface area contributed by atoms with Crippen LogP contribution < -0.4 is 10.0 Å². The average Bonchev–Trinajstić information content (AvgIpc) is 2.86. The first-order valence-electron chi connectivity index (χ1n) is 4.68. The zero-order valence-electron chi connectivity index (χ0n) is 8.62. The van der Waals surface area contributed by atoms with Gasteiger partial charge in [0.1, 0.15) is 22.0 Å². The summed E-state index contributed by atoms with van der Waals surface area (Å²) < 4.78 is 2.23. The topological polar surface area (TPSA) is 79.8 Å². The second-order valence-electron chi connectivity index (χ2n) is 3.01. The van der Waals surface area contributed by atoms with E-state index in [1.54, 1.807) is 18.5 Å². The molecule has 0 saturated heterocycles. The highest BCUT2D eigenvalue weighted by Crippen LogP contribution is 2.26. The quantitative estimate of drug-likeness (QED) is 0.719. The molecular formula is C9H9N5OS2. The van der Waals surface area contributed by atoms with Crippen LogP contribution in [-0.2, 0) is 4.79 Å². The number of hydrogen-bond donors (Lipinski definition) is 3. The molecule has 2 heterocycles. The van der Waals surface area contributed by atoms with Crippen molar-refractivity contribution in [1.82, 2.24) is 19.7 Å². The highest BCUT2D eigenvalue weighted by Gasteiger charge is 2.06. The number of rotatable bonds is 4. The maximum absolute atomic E-state index is 11.0. The van der Waals surface area contributed by atoms with Gasteiger partial charge in [-0.25, -0.2) is 15.0 Å². The minimum absolute atomic E-state index is 0.162. The molecule has 2 rings (SSSR count). The number of thiazole rings is 1. The number of nitrogens with one attached hydrogen (secondary N) is 2. The molecule has 0 aliphatic heterocycles. The van der Waals surface area contributed by atoms with Crippen LogP contribution in [0.2, 0.25) is 0 Å². The largest absolute Gasteiger partial charge is 0.367 e. The summed E-state index contributed by atoms with van der Waals surface area (Å²) >= 11 is 5.08. The molecule has 2 aromatic rings. The lowest BCUT2D eigenvalue weighted by atomic mass is 10.4. The van der Waals surface area contributed by atoms with Gasteiger partial charge in [0.25, 0.3) is 0 Å². The number of nitrogens with zero attached hydrogens (tertiary/aromatic N) is 3. The van der Waals surface area contributed by atoms with Crippen LogP contribution in [0.15, 0.2) is 24.8 Å². The van der Waals surface area contributed by atoms with E-state index in [2.05, 4.69) is 37.8 Å². The Kier molecular flexibility index (Phi) is 3.89. The standard InChI is InChI=1S/C9H9N5OS2/c15-7(14-16)3-11-8-4-12-9(17-8)6-1-2-10-5-13-6/h1-2,4-5,11,16H,3H2,(H,14,15). The molecule has 6 nitrogen and oxygen atoms in total.